The van der Waals surface area contributed by atoms with Crippen LogP contribution in [0.5, 0.6) is 0 Å². The van der Waals surface area contributed by atoms with Gasteiger partial charge in [-0.2, -0.15) is 0 Å². The van der Waals surface area contributed by atoms with Gasteiger partial charge in [0.1, 0.15) is 6.10 Å². The monoisotopic (exact) mass is 309 g/mol. The van der Waals surface area contributed by atoms with E-state index in [1.165, 1.54) is 70.6 Å². The number of hydrogen-bond acceptors (Lipinski definition) is 3. The van der Waals surface area contributed by atoms with Gasteiger partial charge in [0.25, 0.3) is 0 Å². The summed E-state index contributed by atoms with van der Waals surface area (Å²) in [5, 5.41) is 0. The lowest BCUT2D eigenvalue weighted by Crippen LogP contribution is -2.44. The van der Waals surface area contributed by atoms with Gasteiger partial charge >= 0.3 is 5.97 Å². The van der Waals surface area contributed by atoms with E-state index >= 15 is 0 Å². The topological polar surface area (TPSA) is 61.3 Å². The molecular weight excluding hydrogens is 274 g/mol. The Morgan fingerprint density at radius 1 is 0.727 bits per heavy atom. The summed E-state index contributed by atoms with van der Waals surface area (Å²) >= 11 is 0. The van der Waals surface area contributed by atoms with Crippen LogP contribution in [0.2, 0.25) is 0 Å². The standard InChI is InChI=1S/C19H32O2.H3N/c20-18(21-17-12-6-2-7-13-17)19(14-8-3-9-15-19)16-10-4-1-5-11-16;/h16-17H,1-15H2;1H3. The summed E-state index contributed by atoms with van der Waals surface area (Å²) in [7, 11) is 0. The second-order valence-electron chi connectivity index (χ2n) is 7.72. The highest BCUT2D eigenvalue weighted by atomic mass is 16.5. The van der Waals surface area contributed by atoms with E-state index in [9.17, 15) is 4.79 Å². The Bertz CT molecular complexity index is 337. The summed E-state index contributed by atoms with van der Waals surface area (Å²) in [6.45, 7) is 0. The lowest BCUT2D eigenvalue weighted by atomic mass is 9.61. The van der Waals surface area contributed by atoms with Crippen molar-refractivity contribution in [2.24, 2.45) is 11.3 Å². The van der Waals surface area contributed by atoms with Gasteiger partial charge in [-0.25, -0.2) is 0 Å². The summed E-state index contributed by atoms with van der Waals surface area (Å²) in [4.78, 5) is 13.1. The third-order valence-electron chi connectivity index (χ3n) is 6.36. The summed E-state index contributed by atoms with van der Waals surface area (Å²) in [5.74, 6) is 0.809. The molecule has 3 aliphatic carbocycles. The molecule has 0 aromatic heterocycles. The molecule has 0 amide bonds. The molecule has 0 saturated heterocycles. The summed E-state index contributed by atoms with van der Waals surface area (Å²) < 4.78 is 6.05. The molecule has 3 rings (SSSR count). The zero-order valence-electron chi connectivity index (χ0n) is 14.3. The number of rotatable bonds is 3. The van der Waals surface area contributed by atoms with Gasteiger partial charge in [0, 0.05) is 0 Å². The molecule has 0 bridgehead atoms. The van der Waals surface area contributed by atoms with Crippen molar-refractivity contribution >= 4 is 5.97 Å². The Labute approximate surface area is 136 Å². The second kappa shape index (κ2) is 8.33. The highest BCUT2D eigenvalue weighted by molar-refractivity contribution is 5.77. The van der Waals surface area contributed by atoms with Crippen molar-refractivity contribution in [3.8, 4) is 0 Å². The molecule has 128 valence electrons. The quantitative estimate of drug-likeness (QED) is 0.695. The number of hydrogen-bond donors (Lipinski definition) is 1. The lowest BCUT2D eigenvalue weighted by molar-refractivity contribution is -0.171. The number of carbonyl (C=O) groups excluding carboxylic acids is 1. The Morgan fingerprint density at radius 2 is 1.23 bits per heavy atom. The minimum atomic E-state index is -0.101. The normalized spacial score (nSPS) is 26.9. The van der Waals surface area contributed by atoms with E-state index in [-0.39, 0.29) is 23.6 Å². The average molecular weight is 309 g/mol. The van der Waals surface area contributed by atoms with Gasteiger partial charge in [-0.3, -0.25) is 4.79 Å². The molecule has 3 N–H and O–H groups in total. The van der Waals surface area contributed by atoms with Crippen LogP contribution in [0.15, 0.2) is 0 Å². The molecule has 22 heavy (non-hydrogen) atoms. The lowest BCUT2D eigenvalue weighted by Gasteiger charge is -2.44. The number of carbonyl (C=O) groups is 1. The Morgan fingerprint density at radius 3 is 1.82 bits per heavy atom. The Balaban J connectivity index is 0.00000176. The molecule has 0 atom stereocenters. The minimum absolute atomic E-state index is 0. The van der Waals surface area contributed by atoms with Crippen molar-refractivity contribution in [3.05, 3.63) is 0 Å². The van der Waals surface area contributed by atoms with Gasteiger partial charge in [-0.15, -0.1) is 0 Å². The first-order valence-electron chi connectivity index (χ1n) is 9.52. The van der Waals surface area contributed by atoms with Gasteiger partial charge < -0.3 is 10.9 Å². The van der Waals surface area contributed by atoms with E-state index < -0.39 is 0 Å². The van der Waals surface area contributed by atoms with Crippen LogP contribution in [-0.4, -0.2) is 12.1 Å². The number of ether oxygens (including phenoxy) is 1. The van der Waals surface area contributed by atoms with Crippen LogP contribution in [0.4, 0.5) is 0 Å². The molecule has 0 heterocycles. The van der Waals surface area contributed by atoms with Crippen molar-refractivity contribution in [2.45, 2.75) is 102 Å². The van der Waals surface area contributed by atoms with Crippen molar-refractivity contribution in [1.82, 2.24) is 6.15 Å². The van der Waals surface area contributed by atoms with E-state index in [0.29, 0.717) is 5.92 Å². The van der Waals surface area contributed by atoms with Crippen LogP contribution in [-0.2, 0) is 9.53 Å². The molecule has 3 aliphatic rings. The summed E-state index contributed by atoms with van der Waals surface area (Å²) in [6.07, 6.45) is 18.8. The molecular formula is C19H35NO2. The molecule has 0 aromatic carbocycles. The molecule has 0 unspecified atom stereocenters. The fourth-order valence-corrected chi connectivity index (χ4v) is 5.07. The molecule has 3 fully saturated rings. The first-order chi connectivity index (χ1) is 10.3. The van der Waals surface area contributed by atoms with Crippen LogP contribution < -0.4 is 6.15 Å². The first-order valence-corrected chi connectivity index (χ1v) is 9.52. The highest BCUT2D eigenvalue weighted by Crippen LogP contribution is 2.49. The smallest absolute Gasteiger partial charge is 0.312 e. The fraction of sp³-hybridized carbons (Fsp3) is 0.947. The van der Waals surface area contributed by atoms with E-state index in [4.69, 9.17) is 4.74 Å². The van der Waals surface area contributed by atoms with Gasteiger partial charge in [0.05, 0.1) is 5.41 Å². The molecule has 0 aliphatic heterocycles. The van der Waals surface area contributed by atoms with Crippen molar-refractivity contribution in [2.75, 3.05) is 0 Å². The maximum atomic E-state index is 13.1. The van der Waals surface area contributed by atoms with Crippen LogP contribution in [0.1, 0.15) is 96.3 Å². The third-order valence-corrected chi connectivity index (χ3v) is 6.36. The van der Waals surface area contributed by atoms with Crippen LogP contribution in [0, 0.1) is 11.3 Å². The predicted molar refractivity (Wildman–Crippen MR) is 90.1 cm³/mol. The van der Waals surface area contributed by atoms with Crippen LogP contribution in [0.3, 0.4) is 0 Å². The largest absolute Gasteiger partial charge is 0.462 e. The van der Waals surface area contributed by atoms with Gasteiger partial charge in [-0.1, -0.05) is 44.9 Å². The van der Waals surface area contributed by atoms with E-state index in [2.05, 4.69) is 0 Å². The van der Waals surface area contributed by atoms with E-state index in [1.807, 2.05) is 0 Å². The van der Waals surface area contributed by atoms with E-state index in [0.717, 1.165) is 25.7 Å². The molecule has 0 spiro atoms. The van der Waals surface area contributed by atoms with Crippen LogP contribution >= 0.6 is 0 Å². The average Bonchev–Trinajstić information content (AvgIpc) is 2.57. The second-order valence-corrected chi connectivity index (χ2v) is 7.72. The number of esters is 1. The molecule has 0 radical (unpaired) electrons. The van der Waals surface area contributed by atoms with Gasteiger partial charge in [0.2, 0.25) is 0 Å². The van der Waals surface area contributed by atoms with Crippen LogP contribution in [0.25, 0.3) is 0 Å². The minimum Gasteiger partial charge on any atom is -0.462 e. The maximum Gasteiger partial charge on any atom is 0.312 e. The predicted octanol–water partition coefficient (Wildman–Crippen LogP) is 5.56. The molecule has 3 heteroatoms. The summed E-state index contributed by atoms with van der Waals surface area (Å²) in [6, 6.07) is 0. The fourth-order valence-electron chi connectivity index (χ4n) is 5.07. The van der Waals surface area contributed by atoms with Crippen molar-refractivity contribution in [1.29, 1.82) is 0 Å². The highest BCUT2D eigenvalue weighted by Gasteiger charge is 2.47. The molecule has 3 nitrogen and oxygen atoms in total. The summed E-state index contributed by atoms with van der Waals surface area (Å²) in [5.41, 5.74) is -0.101. The zero-order valence-corrected chi connectivity index (χ0v) is 14.3. The first kappa shape index (κ1) is 17.8. The Kier molecular flexibility index (Phi) is 6.73. The van der Waals surface area contributed by atoms with Gasteiger partial charge in [0.15, 0.2) is 0 Å². The Hall–Kier alpha value is -0.570. The van der Waals surface area contributed by atoms with Gasteiger partial charge in [-0.05, 0) is 57.3 Å². The maximum absolute atomic E-state index is 13.1. The zero-order chi connectivity index (χ0) is 14.5. The SMILES string of the molecule is N.O=C(OC1CCCCC1)C1(C2CCCCC2)CCCCC1. The van der Waals surface area contributed by atoms with E-state index in [1.54, 1.807) is 0 Å². The molecule has 0 aromatic rings. The van der Waals surface area contributed by atoms with Crippen molar-refractivity contribution in [3.63, 3.8) is 0 Å². The van der Waals surface area contributed by atoms with Crippen molar-refractivity contribution < 1.29 is 9.53 Å². The third kappa shape index (κ3) is 3.84. The molecule has 3 saturated carbocycles.